The molecule has 0 amide bonds. The molecule has 0 bridgehead atoms. The molecule has 5 rings (SSSR count). The first kappa shape index (κ1) is 16.9. The van der Waals surface area contributed by atoms with Crippen molar-refractivity contribution in [1.82, 2.24) is 20.5 Å². The minimum atomic E-state index is -0.304. The Balaban J connectivity index is 1.65. The fourth-order valence-corrected chi connectivity index (χ4v) is 3.51. The predicted molar refractivity (Wildman–Crippen MR) is 102 cm³/mol. The molecule has 0 spiro atoms. The van der Waals surface area contributed by atoms with Gasteiger partial charge in [-0.1, -0.05) is 12.1 Å². The zero-order chi connectivity index (χ0) is 20.0. The summed E-state index contributed by atoms with van der Waals surface area (Å²) in [5, 5.41) is 30.0. The number of nitrogens with two attached hydrogens (primary N) is 1. The molecule has 0 radical (unpaired) electrons. The van der Waals surface area contributed by atoms with Gasteiger partial charge in [-0.05, 0) is 51.6 Å². The monoisotopic (exact) mass is 388 g/mol. The first-order valence-electron chi connectivity index (χ1n) is 8.71. The van der Waals surface area contributed by atoms with Crippen molar-refractivity contribution in [2.75, 3.05) is 15.8 Å². The molecule has 0 saturated carbocycles. The highest BCUT2D eigenvalue weighted by Gasteiger charge is 2.33. The van der Waals surface area contributed by atoms with Crippen molar-refractivity contribution in [1.29, 1.82) is 5.26 Å². The lowest BCUT2D eigenvalue weighted by Gasteiger charge is -2.30. The highest BCUT2D eigenvalue weighted by atomic mass is 19.1. The number of halogens is 1. The Labute approximate surface area is 163 Å². The van der Waals surface area contributed by atoms with E-state index < -0.39 is 0 Å². The minimum Gasteiger partial charge on any atom is -0.378 e. The van der Waals surface area contributed by atoms with E-state index in [1.165, 1.54) is 12.1 Å². The van der Waals surface area contributed by atoms with Gasteiger partial charge in [0.05, 0.1) is 24.5 Å². The average Bonchev–Trinajstić information content (AvgIpc) is 3.31. The second kappa shape index (κ2) is 6.42. The molecule has 0 aliphatic carbocycles. The van der Waals surface area contributed by atoms with Crippen molar-refractivity contribution in [3.8, 4) is 6.07 Å². The quantitative estimate of drug-likeness (QED) is 0.564. The number of fused-ring (bicyclic) bond motifs is 3. The number of hydrogen-bond donors (Lipinski definition) is 1. The maximum atomic E-state index is 13.7. The Morgan fingerprint density at radius 1 is 1.14 bits per heavy atom. The van der Waals surface area contributed by atoms with Crippen LogP contribution in [0, 0.1) is 17.1 Å². The summed E-state index contributed by atoms with van der Waals surface area (Å²) in [5.74, 6) is 0.226. The lowest BCUT2D eigenvalue weighted by Crippen LogP contribution is -2.38. The Kier molecular flexibility index (Phi) is 3.74. The highest BCUT2D eigenvalue weighted by molar-refractivity contribution is 5.98. The molecule has 1 aliphatic rings. The Morgan fingerprint density at radius 2 is 2.03 bits per heavy atom. The summed E-state index contributed by atoms with van der Waals surface area (Å²) >= 11 is 0. The van der Waals surface area contributed by atoms with E-state index in [0.717, 1.165) is 22.0 Å². The van der Waals surface area contributed by atoms with E-state index in [-0.39, 0.29) is 17.3 Å². The van der Waals surface area contributed by atoms with Crippen LogP contribution in [0.15, 0.2) is 47.1 Å². The summed E-state index contributed by atoms with van der Waals surface area (Å²) in [6.07, 6.45) is 0. The first-order valence-corrected chi connectivity index (χ1v) is 8.71. The van der Waals surface area contributed by atoms with Crippen molar-refractivity contribution >= 4 is 28.1 Å². The van der Waals surface area contributed by atoms with Gasteiger partial charge >= 0.3 is 0 Å². The van der Waals surface area contributed by atoms with Gasteiger partial charge in [-0.25, -0.2) is 9.02 Å². The van der Waals surface area contributed by atoms with Gasteiger partial charge in [0.2, 0.25) is 11.6 Å². The van der Waals surface area contributed by atoms with Crippen molar-refractivity contribution in [2.45, 2.75) is 13.1 Å². The highest BCUT2D eigenvalue weighted by Crippen LogP contribution is 2.41. The van der Waals surface area contributed by atoms with Crippen molar-refractivity contribution in [3.63, 3.8) is 0 Å². The molecule has 0 unspecified atom stereocenters. The molecule has 10 heteroatoms. The Morgan fingerprint density at radius 3 is 2.76 bits per heavy atom. The predicted octanol–water partition coefficient (Wildman–Crippen LogP) is 2.55. The van der Waals surface area contributed by atoms with Gasteiger partial charge in [0, 0.05) is 5.39 Å². The normalized spacial score (nSPS) is 13.0. The molecule has 0 fully saturated rings. The minimum absolute atomic E-state index is 0.157. The average molecular weight is 388 g/mol. The van der Waals surface area contributed by atoms with Crippen LogP contribution < -0.4 is 15.8 Å². The smallest absolute Gasteiger partial charge is 0.236 e. The van der Waals surface area contributed by atoms with E-state index in [1.54, 1.807) is 18.2 Å². The second-order valence-electron chi connectivity index (χ2n) is 6.55. The van der Waals surface area contributed by atoms with E-state index in [4.69, 9.17) is 15.6 Å². The molecule has 2 aromatic heterocycles. The number of nitriles is 1. The van der Waals surface area contributed by atoms with E-state index in [9.17, 15) is 4.39 Å². The van der Waals surface area contributed by atoms with Crippen LogP contribution in [-0.2, 0) is 13.1 Å². The van der Waals surface area contributed by atoms with Crippen molar-refractivity contribution < 1.29 is 9.02 Å². The van der Waals surface area contributed by atoms with Crippen LogP contribution in [0.1, 0.15) is 17.0 Å². The van der Waals surface area contributed by atoms with Gasteiger partial charge in [-0.2, -0.15) is 10.4 Å². The maximum Gasteiger partial charge on any atom is 0.236 e. The van der Waals surface area contributed by atoms with E-state index in [0.29, 0.717) is 24.6 Å². The fraction of sp³-hybridized carbons (Fsp3) is 0.105. The van der Waals surface area contributed by atoms with Crippen LogP contribution in [-0.4, -0.2) is 20.5 Å². The standard InChI is InChI=1S/C19H13FN8O/c20-13-3-6-16-11(7-13)1-2-12-9-28(19-18(22)25-29-26-19)27(17(12)16)10-15-5-4-14(8-21)23-24-15/h1-7H,9-10H2,(H2,22,25). The van der Waals surface area contributed by atoms with Crippen molar-refractivity contribution in [3.05, 3.63) is 65.2 Å². The van der Waals surface area contributed by atoms with Crippen LogP contribution in [0.25, 0.3) is 10.8 Å². The third kappa shape index (κ3) is 2.76. The summed E-state index contributed by atoms with van der Waals surface area (Å²) in [5.41, 5.74) is 8.69. The summed E-state index contributed by atoms with van der Waals surface area (Å²) < 4.78 is 18.5. The van der Waals surface area contributed by atoms with Gasteiger partial charge in [-0.15, -0.1) is 5.10 Å². The summed E-state index contributed by atoms with van der Waals surface area (Å²) in [6.45, 7) is 0.805. The van der Waals surface area contributed by atoms with Gasteiger partial charge < -0.3 is 5.73 Å². The third-order valence-electron chi connectivity index (χ3n) is 4.79. The number of hydrogen-bond acceptors (Lipinski definition) is 9. The lowest BCUT2D eigenvalue weighted by molar-refractivity contribution is 0.309. The molecular formula is C19H13FN8O. The summed E-state index contributed by atoms with van der Waals surface area (Å²) in [7, 11) is 0. The van der Waals surface area contributed by atoms with E-state index in [2.05, 4.69) is 20.5 Å². The molecule has 2 N–H and O–H groups in total. The maximum absolute atomic E-state index is 13.7. The van der Waals surface area contributed by atoms with Crippen LogP contribution >= 0.6 is 0 Å². The van der Waals surface area contributed by atoms with Crippen LogP contribution in [0.4, 0.5) is 21.7 Å². The first-order chi connectivity index (χ1) is 14.1. The van der Waals surface area contributed by atoms with Gasteiger partial charge in [0.25, 0.3) is 0 Å². The molecule has 0 saturated heterocycles. The molecule has 1 aliphatic heterocycles. The number of rotatable bonds is 3. The van der Waals surface area contributed by atoms with Gasteiger partial charge in [0.15, 0.2) is 5.69 Å². The SMILES string of the molecule is N#Cc1ccc(CN2c3c(ccc4cc(F)ccc34)CN2c2nonc2N)nn1. The molecule has 142 valence electrons. The molecule has 2 aromatic carbocycles. The Bertz CT molecular complexity index is 1260. The largest absolute Gasteiger partial charge is 0.378 e. The van der Waals surface area contributed by atoms with Crippen LogP contribution in [0.5, 0.6) is 0 Å². The number of nitrogen functional groups attached to an aromatic ring is 1. The van der Waals surface area contributed by atoms with E-state index in [1.807, 2.05) is 28.2 Å². The molecule has 29 heavy (non-hydrogen) atoms. The topological polar surface area (TPSA) is 121 Å². The van der Waals surface area contributed by atoms with Crippen LogP contribution in [0.3, 0.4) is 0 Å². The van der Waals surface area contributed by atoms with Crippen LogP contribution in [0.2, 0.25) is 0 Å². The third-order valence-corrected chi connectivity index (χ3v) is 4.79. The molecule has 9 nitrogen and oxygen atoms in total. The number of anilines is 3. The summed E-state index contributed by atoms with van der Waals surface area (Å²) in [6, 6.07) is 13.8. The number of benzene rings is 2. The number of nitrogens with zero attached hydrogens (tertiary/aromatic N) is 7. The van der Waals surface area contributed by atoms with Gasteiger partial charge in [-0.3, -0.25) is 10.0 Å². The zero-order valence-corrected chi connectivity index (χ0v) is 14.9. The molecule has 0 atom stereocenters. The second-order valence-corrected chi connectivity index (χ2v) is 6.55. The lowest BCUT2D eigenvalue weighted by atomic mass is 10.0. The zero-order valence-electron chi connectivity index (χ0n) is 14.9. The van der Waals surface area contributed by atoms with Crippen molar-refractivity contribution in [2.24, 2.45) is 0 Å². The number of hydrazine groups is 1. The molecule has 3 heterocycles. The molecule has 4 aromatic rings. The Hall–Kier alpha value is -4.26. The molecular weight excluding hydrogens is 375 g/mol. The fourth-order valence-electron chi connectivity index (χ4n) is 3.51. The summed E-state index contributed by atoms with van der Waals surface area (Å²) in [4.78, 5) is 0. The number of aromatic nitrogens is 4. The van der Waals surface area contributed by atoms with E-state index >= 15 is 0 Å². The van der Waals surface area contributed by atoms with Gasteiger partial charge in [0.1, 0.15) is 11.9 Å².